The van der Waals surface area contributed by atoms with Crippen LogP contribution >= 0.6 is 11.3 Å². The SMILES string of the molecule is CCCC(C)NCCn1ccc2sccc2c1=O. The maximum absolute atomic E-state index is 12.1. The molecule has 18 heavy (non-hydrogen) atoms. The van der Waals surface area contributed by atoms with Crippen LogP contribution in [-0.2, 0) is 6.54 Å². The zero-order valence-electron chi connectivity index (χ0n) is 11.0. The Morgan fingerprint density at radius 2 is 2.28 bits per heavy atom. The predicted octanol–water partition coefficient (Wildman–Crippen LogP) is 2.84. The number of thiophene rings is 1. The highest BCUT2D eigenvalue weighted by atomic mass is 32.1. The minimum absolute atomic E-state index is 0.124. The number of pyridine rings is 1. The van der Waals surface area contributed by atoms with Gasteiger partial charge in [-0.2, -0.15) is 0 Å². The lowest BCUT2D eigenvalue weighted by Gasteiger charge is -2.13. The van der Waals surface area contributed by atoms with Crippen molar-refractivity contribution >= 4 is 21.4 Å². The number of fused-ring (bicyclic) bond motifs is 1. The monoisotopic (exact) mass is 264 g/mol. The highest BCUT2D eigenvalue weighted by Gasteiger charge is 2.04. The van der Waals surface area contributed by atoms with E-state index in [0.717, 1.165) is 23.2 Å². The summed E-state index contributed by atoms with van der Waals surface area (Å²) in [5, 5.41) is 6.25. The van der Waals surface area contributed by atoms with Crippen LogP contribution in [0.3, 0.4) is 0 Å². The zero-order valence-corrected chi connectivity index (χ0v) is 11.8. The first-order chi connectivity index (χ1) is 8.72. The Hall–Kier alpha value is -1.13. The molecule has 1 N–H and O–H groups in total. The highest BCUT2D eigenvalue weighted by Crippen LogP contribution is 2.15. The fourth-order valence-electron chi connectivity index (χ4n) is 2.15. The quantitative estimate of drug-likeness (QED) is 0.870. The van der Waals surface area contributed by atoms with Gasteiger partial charge >= 0.3 is 0 Å². The smallest absolute Gasteiger partial charge is 0.259 e. The summed E-state index contributed by atoms with van der Waals surface area (Å²) >= 11 is 1.62. The van der Waals surface area contributed by atoms with Gasteiger partial charge in [-0.1, -0.05) is 13.3 Å². The van der Waals surface area contributed by atoms with Crippen molar-refractivity contribution in [3.05, 3.63) is 34.1 Å². The Balaban J connectivity index is 1.99. The van der Waals surface area contributed by atoms with Gasteiger partial charge in [0.2, 0.25) is 0 Å². The largest absolute Gasteiger partial charge is 0.314 e. The summed E-state index contributed by atoms with van der Waals surface area (Å²) in [6.07, 6.45) is 4.26. The third kappa shape index (κ3) is 3.00. The molecule has 0 aliphatic carbocycles. The summed E-state index contributed by atoms with van der Waals surface area (Å²) in [6.45, 7) is 5.96. The Morgan fingerprint density at radius 3 is 3.06 bits per heavy atom. The maximum atomic E-state index is 12.1. The molecule has 1 atom stereocenters. The molecule has 0 fully saturated rings. The van der Waals surface area contributed by atoms with E-state index in [1.165, 1.54) is 12.8 Å². The van der Waals surface area contributed by atoms with Crippen LogP contribution in [0.25, 0.3) is 10.1 Å². The molecule has 0 saturated carbocycles. The topological polar surface area (TPSA) is 34.0 Å². The molecule has 0 spiro atoms. The summed E-state index contributed by atoms with van der Waals surface area (Å²) in [7, 11) is 0. The molecule has 3 nitrogen and oxygen atoms in total. The van der Waals surface area contributed by atoms with E-state index < -0.39 is 0 Å². The van der Waals surface area contributed by atoms with Crippen LogP contribution in [-0.4, -0.2) is 17.2 Å². The second-order valence-electron chi connectivity index (χ2n) is 4.66. The van der Waals surface area contributed by atoms with E-state index in [-0.39, 0.29) is 5.56 Å². The second kappa shape index (κ2) is 6.16. The summed E-state index contributed by atoms with van der Waals surface area (Å²) < 4.78 is 2.87. The van der Waals surface area contributed by atoms with E-state index >= 15 is 0 Å². The van der Waals surface area contributed by atoms with Crippen molar-refractivity contribution < 1.29 is 0 Å². The molecule has 0 amide bonds. The second-order valence-corrected chi connectivity index (χ2v) is 5.60. The first-order valence-electron chi connectivity index (χ1n) is 6.52. The van der Waals surface area contributed by atoms with Gasteiger partial charge in [-0.3, -0.25) is 4.79 Å². The van der Waals surface area contributed by atoms with Crippen molar-refractivity contribution in [1.29, 1.82) is 0 Å². The molecule has 1 unspecified atom stereocenters. The number of hydrogen-bond donors (Lipinski definition) is 1. The standard InChI is InChI=1S/C14H20N2OS/c1-3-4-11(2)15-7-9-16-8-5-13-12(14(16)17)6-10-18-13/h5-6,8,10-11,15H,3-4,7,9H2,1-2H3. The van der Waals surface area contributed by atoms with Crippen LogP contribution in [0.5, 0.6) is 0 Å². The Morgan fingerprint density at radius 1 is 1.44 bits per heavy atom. The molecule has 2 aromatic heterocycles. The van der Waals surface area contributed by atoms with Crippen molar-refractivity contribution in [3.8, 4) is 0 Å². The van der Waals surface area contributed by atoms with Crippen LogP contribution in [0, 0.1) is 0 Å². The fourth-order valence-corrected chi connectivity index (χ4v) is 2.92. The minimum atomic E-state index is 0.124. The van der Waals surface area contributed by atoms with Crippen LogP contribution in [0.2, 0.25) is 0 Å². The molecule has 98 valence electrons. The van der Waals surface area contributed by atoms with Gasteiger partial charge < -0.3 is 9.88 Å². The van der Waals surface area contributed by atoms with Crippen molar-refractivity contribution in [2.75, 3.05) is 6.54 Å². The van der Waals surface area contributed by atoms with E-state index in [9.17, 15) is 4.79 Å². The van der Waals surface area contributed by atoms with E-state index in [4.69, 9.17) is 0 Å². The molecule has 0 bridgehead atoms. The van der Waals surface area contributed by atoms with Crippen molar-refractivity contribution in [1.82, 2.24) is 9.88 Å². The van der Waals surface area contributed by atoms with Gasteiger partial charge in [-0.15, -0.1) is 11.3 Å². The summed E-state index contributed by atoms with van der Waals surface area (Å²) in [5.41, 5.74) is 0.124. The lowest BCUT2D eigenvalue weighted by molar-refractivity contribution is 0.483. The van der Waals surface area contributed by atoms with E-state index in [1.807, 2.05) is 23.7 Å². The number of rotatable bonds is 6. The van der Waals surface area contributed by atoms with Gasteiger partial charge in [0.25, 0.3) is 5.56 Å². The maximum Gasteiger partial charge on any atom is 0.259 e. The number of aromatic nitrogens is 1. The van der Waals surface area contributed by atoms with Gasteiger partial charge in [0.15, 0.2) is 0 Å². The average molecular weight is 264 g/mol. The Kier molecular flexibility index (Phi) is 4.55. The van der Waals surface area contributed by atoms with Gasteiger partial charge in [0.1, 0.15) is 0 Å². The van der Waals surface area contributed by atoms with Crippen LogP contribution in [0.15, 0.2) is 28.5 Å². The molecular weight excluding hydrogens is 244 g/mol. The van der Waals surface area contributed by atoms with Crippen molar-refractivity contribution in [2.45, 2.75) is 39.3 Å². The Bertz CT molecular complexity index is 558. The van der Waals surface area contributed by atoms with Crippen molar-refractivity contribution in [2.24, 2.45) is 0 Å². The lowest BCUT2D eigenvalue weighted by atomic mass is 10.2. The Labute approximate surface area is 111 Å². The molecular formula is C14H20N2OS. The third-order valence-corrected chi connectivity index (χ3v) is 4.04. The normalized spacial score (nSPS) is 13.0. The number of hydrogen-bond acceptors (Lipinski definition) is 3. The molecule has 2 heterocycles. The first-order valence-corrected chi connectivity index (χ1v) is 7.40. The number of nitrogens with one attached hydrogen (secondary N) is 1. The molecule has 0 radical (unpaired) electrons. The van der Waals surface area contributed by atoms with Crippen LogP contribution in [0.4, 0.5) is 0 Å². The van der Waals surface area contributed by atoms with Gasteiger partial charge in [0, 0.05) is 30.0 Å². The number of nitrogens with zero attached hydrogens (tertiary/aromatic N) is 1. The first kappa shape index (κ1) is 13.3. The average Bonchev–Trinajstić information content (AvgIpc) is 2.81. The molecule has 0 aliphatic rings. The third-order valence-electron chi connectivity index (χ3n) is 3.16. The lowest BCUT2D eigenvalue weighted by Crippen LogP contribution is -2.31. The van der Waals surface area contributed by atoms with Crippen molar-refractivity contribution in [3.63, 3.8) is 0 Å². The van der Waals surface area contributed by atoms with E-state index in [2.05, 4.69) is 19.2 Å². The minimum Gasteiger partial charge on any atom is -0.314 e. The molecule has 2 rings (SSSR count). The van der Waals surface area contributed by atoms with Gasteiger partial charge in [0.05, 0.1) is 5.39 Å². The molecule has 0 saturated heterocycles. The highest BCUT2D eigenvalue weighted by molar-refractivity contribution is 7.17. The molecule has 2 aromatic rings. The molecule has 0 aromatic carbocycles. The summed E-state index contributed by atoms with van der Waals surface area (Å²) in [5.74, 6) is 0. The van der Waals surface area contributed by atoms with Crippen LogP contribution < -0.4 is 10.9 Å². The summed E-state index contributed by atoms with van der Waals surface area (Å²) in [4.78, 5) is 12.1. The zero-order chi connectivity index (χ0) is 13.0. The molecule has 4 heteroatoms. The van der Waals surface area contributed by atoms with E-state index in [0.29, 0.717) is 6.04 Å². The van der Waals surface area contributed by atoms with Crippen LogP contribution in [0.1, 0.15) is 26.7 Å². The van der Waals surface area contributed by atoms with Gasteiger partial charge in [-0.05, 0) is 30.9 Å². The molecule has 0 aliphatic heterocycles. The summed E-state index contributed by atoms with van der Waals surface area (Å²) in [6, 6.07) is 4.46. The van der Waals surface area contributed by atoms with Gasteiger partial charge in [-0.25, -0.2) is 0 Å². The van der Waals surface area contributed by atoms with E-state index in [1.54, 1.807) is 15.9 Å². The predicted molar refractivity (Wildman–Crippen MR) is 78.5 cm³/mol. The fraction of sp³-hybridized carbons (Fsp3) is 0.500.